The first-order valence-corrected chi connectivity index (χ1v) is 11.8. The lowest BCUT2D eigenvalue weighted by molar-refractivity contribution is -0.192. The van der Waals surface area contributed by atoms with Crippen molar-refractivity contribution in [2.75, 3.05) is 6.26 Å². The Morgan fingerprint density at radius 2 is 1.97 bits per heavy atom. The van der Waals surface area contributed by atoms with Gasteiger partial charge in [-0.3, -0.25) is 5.41 Å². The van der Waals surface area contributed by atoms with E-state index in [1.807, 2.05) is 0 Å². The fourth-order valence-electron chi connectivity index (χ4n) is 2.08. The zero-order valence-corrected chi connectivity index (χ0v) is 18.8. The molecule has 3 rings (SSSR count). The summed E-state index contributed by atoms with van der Waals surface area (Å²) in [5.74, 6) is -2.90. The molecule has 2 aromatic heterocycles. The lowest BCUT2D eigenvalue weighted by Gasteiger charge is -2.06. The van der Waals surface area contributed by atoms with E-state index in [2.05, 4.69) is 25.9 Å². The molecule has 0 amide bonds. The molecule has 0 aliphatic carbocycles. The number of carboxylic acids is 1. The van der Waals surface area contributed by atoms with E-state index in [1.165, 1.54) is 41.6 Å². The van der Waals surface area contributed by atoms with Gasteiger partial charge in [0, 0.05) is 4.47 Å². The second-order valence-corrected chi connectivity index (χ2v) is 10.3. The van der Waals surface area contributed by atoms with E-state index < -0.39 is 22.0 Å². The zero-order valence-electron chi connectivity index (χ0n) is 14.7. The first-order valence-electron chi connectivity index (χ1n) is 7.49. The molecule has 0 unspecified atom stereocenters. The van der Waals surface area contributed by atoms with Crippen LogP contribution in [0.15, 0.2) is 43.0 Å². The first kappa shape index (κ1) is 24.2. The van der Waals surface area contributed by atoms with E-state index in [1.54, 1.807) is 12.3 Å². The van der Waals surface area contributed by atoms with Gasteiger partial charge in [0.15, 0.2) is 0 Å². The zero-order chi connectivity index (χ0) is 22.9. The van der Waals surface area contributed by atoms with E-state index in [0.29, 0.717) is 24.6 Å². The van der Waals surface area contributed by atoms with Gasteiger partial charge >= 0.3 is 12.1 Å². The molecule has 15 heteroatoms. The predicted octanol–water partition coefficient (Wildman–Crippen LogP) is 3.86. The van der Waals surface area contributed by atoms with Gasteiger partial charge in [0.05, 0.1) is 30.7 Å². The van der Waals surface area contributed by atoms with Crippen LogP contribution in [-0.4, -0.2) is 47.7 Å². The number of hydrogen-bond donors (Lipinski definition) is 4. The lowest BCUT2D eigenvalue weighted by atomic mass is 10.3. The van der Waals surface area contributed by atoms with E-state index in [0.717, 1.165) is 0 Å². The molecule has 0 aliphatic rings. The third kappa shape index (κ3) is 5.14. The second-order valence-electron chi connectivity index (χ2n) is 5.39. The third-order valence-electron chi connectivity index (χ3n) is 3.41. The highest BCUT2D eigenvalue weighted by molar-refractivity contribution is 9.10. The number of imidazole rings is 1. The Morgan fingerprint density at radius 3 is 2.47 bits per heavy atom. The first-order chi connectivity index (χ1) is 13.8. The number of aromatic nitrogens is 2. The van der Waals surface area contributed by atoms with Gasteiger partial charge < -0.3 is 15.8 Å². The number of halogens is 4. The number of carboxylic acid groups (broad SMARTS) is 1. The summed E-state index contributed by atoms with van der Waals surface area (Å²) >= 11 is 5.87. The Morgan fingerprint density at radius 1 is 1.37 bits per heavy atom. The van der Waals surface area contributed by atoms with Gasteiger partial charge in [0.25, 0.3) is 0 Å². The number of nitrogens with zero attached hydrogens (tertiary/aromatic N) is 1. The van der Waals surface area contributed by atoms with Crippen LogP contribution in [0.4, 0.5) is 13.2 Å². The standard InChI is InChI=1S/C13H11BrN4O2S3.C2HF3O2/c1-21-13-10(4-9(22-13)12(15)16)23(19,20)6-2-7(14)11-8(3-6)17-5-18-11;3-2(4,5)1(6)7/h2-5H,1H3,(H3,15,16)(H,17,18);(H,6,7). The maximum Gasteiger partial charge on any atom is 0.490 e. The van der Waals surface area contributed by atoms with Crippen LogP contribution in [0, 0.1) is 5.41 Å². The van der Waals surface area contributed by atoms with Gasteiger partial charge in [-0.15, -0.1) is 23.1 Å². The second kappa shape index (κ2) is 8.95. The average molecular weight is 545 g/mol. The molecule has 0 saturated heterocycles. The van der Waals surface area contributed by atoms with Crippen LogP contribution < -0.4 is 5.73 Å². The number of fused-ring (bicyclic) bond motifs is 1. The van der Waals surface area contributed by atoms with Crippen molar-refractivity contribution in [3.63, 3.8) is 0 Å². The molecule has 0 fully saturated rings. The minimum atomic E-state index is -5.08. The number of nitrogens with two attached hydrogens (primary N) is 1. The lowest BCUT2D eigenvalue weighted by Crippen LogP contribution is -2.21. The van der Waals surface area contributed by atoms with Crippen molar-refractivity contribution in [3.8, 4) is 0 Å². The molecule has 8 nitrogen and oxygen atoms in total. The molecule has 162 valence electrons. The Balaban J connectivity index is 0.000000396. The van der Waals surface area contributed by atoms with Crippen molar-refractivity contribution < 1.29 is 31.5 Å². The van der Waals surface area contributed by atoms with Crippen molar-refractivity contribution >= 4 is 71.7 Å². The van der Waals surface area contributed by atoms with Crippen molar-refractivity contribution in [3.05, 3.63) is 33.9 Å². The van der Waals surface area contributed by atoms with Crippen LogP contribution in [-0.2, 0) is 14.6 Å². The number of nitrogen functional groups attached to an aromatic ring is 1. The smallest absolute Gasteiger partial charge is 0.475 e. The molecule has 0 spiro atoms. The Labute approximate surface area is 184 Å². The van der Waals surface area contributed by atoms with Crippen LogP contribution in [0.25, 0.3) is 11.0 Å². The number of hydrogen-bond acceptors (Lipinski definition) is 7. The number of aliphatic carboxylic acids is 1. The van der Waals surface area contributed by atoms with Crippen LogP contribution in [0.5, 0.6) is 0 Å². The average Bonchev–Trinajstić information content (AvgIpc) is 3.28. The number of rotatable bonds is 4. The molecule has 0 bridgehead atoms. The topological polar surface area (TPSA) is 150 Å². The van der Waals surface area contributed by atoms with Gasteiger partial charge in [-0.2, -0.15) is 13.2 Å². The number of thiophene rings is 1. The van der Waals surface area contributed by atoms with Crippen LogP contribution in [0.2, 0.25) is 0 Å². The number of carbonyl (C=O) groups is 1. The minimum Gasteiger partial charge on any atom is -0.475 e. The minimum absolute atomic E-state index is 0.142. The Bertz CT molecular complexity index is 1220. The van der Waals surface area contributed by atoms with Gasteiger partial charge in [-0.1, -0.05) is 0 Å². The summed E-state index contributed by atoms with van der Waals surface area (Å²) in [5, 5.41) is 14.6. The SMILES string of the molecule is CSc1sc(C(=N)N)cc1S(=O)(=O)c1cc(Br)c2nc[nH]c2c1.O=C(O)C(F)(F)F. The van der Waals surface area contributed by atoms with Crippen molar-refractivity contribution in [1.82, 2.24) is 9.97 Å². The third-order valence-corrected chi connectivity index (χ3v) is 8.33. The maximum atomic E-state index is 13.0. The maximum absolute atomic E-state index is 13.0. The van der Waals surface area contributed by atoms with E-state index >= 15 is 0 Å². The van der Waals surface area contributed by atoms with Gasteiger partial charge in [0.2, 0.25) is 9.84 Å². The fraction of sp³-hybridized carbons (Fsp3) is 0.133. The summed E-state index contributed by atoms with van der Waals surface area (Å²) in [6, 6.07) is 4.55. The summed E-state index contributed by atoms with van der Waals surface area (Å²) < 4.78 is 58.9. The number of benzene rings is 1. The highest BCUT2D eigenvalue weighted by atomic mass is 79.9. The summed E-state index contributed by atoms with van der Waals surface area (Å²) in [5.41, 5.74) is 6.79. The number of aromatic amines is 1. The van der Waals surface area contributed by atoms with E-state index in [9.17, 15) is 21.6 Å². The molecule has 1 aromatic carbocycles. The number of sulfone groups is 1. The molecular weight excluding hydrogens is 533 g/mol. The highest BCUT2D eigenvalue weighted by Crippen LogP contribution is 2.38. The highest BCUT2D eigenvalue weighted by Gasteiger charge is 2.38. The number of nitrogens with one attached hydrogen (secondary N) is 2. The molecule has 3 aromatic rings. The number of amidine groups is 1. The number of H-pyrrole nitrogens is 1. The summed E-state index contributed by atoms with van der Waals surface area (Å²) in [6.45, 7) is 0. The van der Waals surface area contributed by atoms with Crippen molar-refractivity contribution in [2.45, 2.75) is 20.2 Å². The van der Waals surface area contributed by atoms with Crippen molar-refractivity contribution in [2.24, 2.45) is 5.73 Å². The normalized spacial score (nSPS) is 11.8. The van der Waals surface area contributed by atoms with Gasteiger partial charge in [-0.25, -0.2) is 18.2 Å². The summed E-state index contributed by atoms with van der Waals surface area (Å²) in [4.78, 5) is 16.7. The molecule has 0 aliphatic heterocycles. The van der Waals surface area contributed by atoms with Crippen LogP contribution in [0.1, 0.15) is 4.88 Å². The molecule has 0 saturated carbocycles. The molecule has 0 atom stereocenters. The van der Waals surface area contributed by atoms with Gasteiger partial charge in [0.1, 0.15) is 11.4 Å². The molecule has 30 heavy (non-hydrogen) atoms. The van der Waals surface area contributed by atoms with Crippen LogP contribution in [0.3, 0.4) is 0 Å². The predicted molar refractivity (Wildman–Crippen MR) is 110 cm³/mol. The van der Waals surface area contributed by atoms with E-state index in [-0.39, 0.29) is 15.6 Å². The summed E-state index contributed by atoms with van der Waals surface area (Å²) in [7, 11) is -3.73. The number of thioether (sulfide) groups is 1. The fourth-order valence-corrected chi connectivity index (χ4v) is 6.71. The Kier molecular flexibility index (Phi) is 7.21. The molecule has 5 N–H and O–H groups in total. The van der Waals surface area contributed by atoms with Crippen LogP contribution >= 0.6 is 39.0 Å². The number of alkyl halides is 3. The molecule has 0 radical (unpaired) electrons. The molecular formula is C15H12BrF3N4O4S3. The molecule has 2 heterocycles. The van der Waals surface area contributed by atoms with Gasteiger partial charge in [-0.05, 0) is 40.4 Å². The van der Waals surface area contributed by atoms with E-state index in [4.69, 9.17) is 21.0 Å². The monoisotopic (exact) mass is 544 g/mol. The Hall–Kier alpha value is -2.10. The van der Waals surface area contributed by atoms with Crippen molar-refractivity contribution in [1.29, 1.82) is 5.41 Å². The quantitative estimate of drug-likeness (QED) is 0.221. The summed E-state index contributed by atoms with van der Waals surface area (Å²) in [6.07, 6.45) is -1.78. The largest absolute Gasteiger partial charge is 0.490 e.